The molecule has 0 amide bonds. The van der Waals surface area contributed by atoms with E-state index in [1.165, 1.54) is 17.7 Å². The molecule has 0 fully saturated rings. The van der Waals surface area contributed by atoms with Crippen LogP contribution in [0.1, 0.15) is 28.4 Å². The van der Waals surface area contributed by atoms with Crippen molar-refractivity contribution in [2.24, 2.45) is 0 Å². The number of carbonyl (C=O) groups excluding carboxylic acids is 1. The van der Waals surface area contributed by atoms with Crippen molar-refractivity contribution in [3.05, 3.63) is 65.0 Å². The van der Waals surface area contributed by atoms with Crippen LogP contribution in [0.15, 0.2) is 42.5 Å². The molecule has 0 atom stereocenters. The molecule has 1 N–H and O–H groups in total. The standard InChI is InChI=1S/C17H18FNO/c1-3-13-4-7-15(8-5-13)19-11-17(20)14-6-9-16(18)12(2)10-14/h4-10,19H,3,11H2,1-2H3. The van der Waals surface area contributed by atoms with Gasteiger partial charge in [-0.25, -0.2) is 4.39 Å². The summed E-state index contributed by atoms with van der Waals surface area (Å²) in [5, 5.41) is 3.08. The summed E-state index contributed by atoms with van der Waals surface area (Å²) in [6.45, 7) is 3.96. The lowest BCUT2D eigenvalue weighted by Gasteiger charge is -2.07. The molecular weight excluding hydrogens is 253 g/mol. The van der Waals surface area contributed by atoms with Crippen LogP contribution < -0.4 is 5.32 Å². The summed E-state index contributed by atoms with van der Waals surface area (Å²) in [5.41, 5.74) is 3.19. The lowest BCUT2D eigenvalue weighted by molar-refractivity contribution is 0.101. The number of hydrogen-bond acceptors (Lipinski definition) is 2. The van der Waals surface area contributed by atoms with E-state index in [0.717, 1.165) is 12.1 Å². The highest BCUT2D eigenvalue weighted by Crippen LogP contribution is 2.12. The van der Waals surface area contributed by atoms with Gasteiger partial charge < -0.3 is 5.32 Å². The van der Waals surface area contributed by atoms with Crippen LogP contribution >= 0.6 is 0 Å². The molecule has 0 aromatic heterocycles. The zero-order valence-corrected chi connectivity index (χ0v) is 11.7. The predicted molar refractivity (Wildman–Crippen MR) is 79.8 cm³/mol. The molecule has 2 rings (SSSR count). The molecule has 3 heteroatoms. The molecule has 2 nitrogen and oxygen atoms in total. The van der Waals surface area contributed by atoms with Crippen LogP contribution in [-0.2, 0) is 6.42 Å². The Morgan fingerprint density at radius 3 is 2.45 bits per heavy atom. The van der Waals surface area contributed by atoms with Gasteiger partial charge in [-0.05, 0) is 54.8 Å². The van der Waals surface area contributed by atoms with Crippen molar-refractivity contribution < 1.29 is 9.18 Å². The number of anilines is 1. The number of Topliss-reactive ketones (excluding diaryl/α,β-unsaturated/α-hetero) is 1. The van der Waals surface area contributed by atoms with Crippen LogP contribution in [-0.4, -0.2) is 12.3 Å². The largest absolute Gasteiger partial charge is 0.378 e. The fraction of sp³-hybridized carbons (Fsp3) is 0.235. The third-order valence-electron chi connectivity index (χ3n) is 3.30. The van der Waals surface area contributed by atoms with E-state index in [0.29, 0.717) is 11.1 Å². The van der Waals surface area contributed by atoms with Gasteiger partial charge in [-0.15, -0.1) is 0 Å². The highest BCUT2D eigenvalue weighted by atomic mass is 19.1. The van der Waals surface area contributed by atoms with Gasteiger partial charge in [-0.3, -0.25) is 4.79 Å². The van der Waals surface area contributed by atoms with Gasteiger partial charge in [0.15, 0.2) is 5.78 Å². The topological polar surface area (TPSA) is 29.1 Å². The lowest BCUT2D eigenvalue weighted by atomic mass is 10.1. The van der Waals surface area contributed by atoms with Gasteiger partial charge in [0.25, 0.3) is 0 Å². The molecule has 0 saturated heterocycles. The summed E-state index contributed by atoms with van der Waals surface area (Å²) in [6.07, 6.45) is 0.994. The van der Waals surface area contributed by atoms with E-state index in [1.54, 1.807) is 13.0 Å². The minimum atomic E-state index is -0.287. The summed E-state index contributed by atoms with van der Waals surface area (Å²) < 4.78 is 13.2. The Labute approximate surface area is 118 Å². The van der Waals surface area contributed by atoms with Gasteiger partial charge in [0.05, 0.1) is 6.54 Å². The summed E-state index contributed by atoms with van der Waals surface area (Å²) in [7, 11) is 0. The second-order valence-electron chi connectivity index (χ2n) is 4.79. The summed E-state index contributed by atoms with van der Waals surface area (Å²) >= 11 is 0. The molecular formula is C17H18FNO. The second-order valence-corrected chi connectivity index (χ2v) is 4.79. The van der Waals surface area contributed by atoms with Gasteiger partial charge in [0.1, 0.15) is 5.82 Å². The number of ketones is 1. The molecule has 0 aliphatic heterocycles. The van der Waals surface area contributed by atoms with Crippen molar-refractivity contribution in [3.63, 3.8) is 0 Å². The molecule has 0 heterocycles. The first-order chi connectivity index (χ1) is 9.60. The Morgan fingerprint density at radius 1 is 1.15 bits per heavy atom. The quantitative estimate of drug-likeness (QED) is 0.833. The van der Waals surface area contributed by atoms with Crippen molar-refractivity contribution in [1.82, 2.24) is 0 Å². The molecule has 0 unspecified atom stereocenters. The van der Waals surface area contributed by atoms with Gasteiger partial charge >= 0.3 is 0 Å². The van der Waals surface area contributed by atoms with E-state index < -0.39 is 0 Å². The van der Waals surface area contributed by atoms with E-state index in [2.05, 4.69) is 12.2 Å². The van der Waals surface area contributed by atoms with Crippen LogP contribution in [0.3, 0.4) is 0 Å². The Morgan fingerprint density at radius 2 is 1.85 bits per heavy atom. The number of nitrogens with one attached hydrogen (secondary N) is 1. The number of benzene rings is 2. The SMILES string of the molecule is CCc1ccc(NCC(=O)c2ccc(F)c(C)c2)cc1. The average molecular weight is 271 g/mol. The maximum absolute atomic E-state index is 13.2. The van der Waals surface area contributed by atoms with Crippen LogP contribution in [0.2, 0.25) is 0 Å². The predicted octanol–water partition coefficient (Wildman–Crippen LogP) is 3.99. The molecule has 2 aromatic rings. The van der Waals surface area contributed by atoms with Crippen molar-refractivity contribution in [2.75, 3.05) is 11.9 Å². The molecule has 0 aliphatic carbocycles. The third kappa shape index (κ3) is 3.44. The molecule has 20 heavy (non-hydrogen) atoms. The maximum Gasteiger partial charge on any atom is 0.181 e. The van der Waals surface area contributed by atoms with Gasteiger partial charge in [0, 0.05) is 11.3 Å². The zero-order chi connectivity index (χ0) is 14.5. The van der Waals surface area contributed by atoms with Crippen molar-refractivity contribution in [2.45, 2.75) is 20.3 Å². The van der Waals surface area contributed by atoms with Crippen molar-refractivity contribution in [1.29, 1.82) is 0 Å². The minimum absolute atomic E-state index is 0.0485. The summed E-state index contributed by atoms with van der Waals surface area (Å²) in [4.78, 5) is 12.0. The van der Waals surface area contributed by atoms with E-state index in [9.17, 15) is 9.18 Å². The van der Waals surface area contributed by atoms with E-state index in [-0.39, 0.29) is 18.1 Å². The van der Waals surface area contributed by atoms with Gasteiger partial charge in [0.2, 0.25) is 0 Å². The van der Waals surface area contributed by atoms with Gasteiger partial charge in [-0.1, -0.05) is 19.1 Å². The van der Waals surface area contributed by atoms with E-state index in [4.69, 9.17) is 0 Å². The highest BCUT2D eigenvalue weighted by Gasteiger charge is 2.07. The van der Waals surface area contributed by atoms with Crippen LogP contribution in [0.25, 0.3) is 0 Å². The molecule has 104 valence electrons. The number of rotatable bonds is 5. The normalized spacial score (nSPS) is 10.3. The smallest absolute Gasteiger partial charge is 0.181 e. The average Bonchev–Trinajstić information content (AvgIpc) is 2.48. The first-order valence-corrected chi connectivity index (χ1v) is 6.72. The summed E-state index contributed by atoms with van der Waals surface area (Å²) in [6, 6.07) is 12.4. The molecule has 0 spiro atoms. The Balaban J connectivity index is 1.98. The fourth-order valence-corrected chi connectivity index (χ4v) is 1.96. The van der Waals surface area contributed by atoms with Crippen LogP contribution in [0, 0.1) is 12.7 Å². The third-order valence-corrected chi connectivity index (χ3v) is 3.30. The Kier molecular flexibility index (Phi) is 4.51. The fourth-order valence-electron chi connectivity index (χ4n) is 1.96. The minimum Gasteiger partial charge on any atom is -0.378 e. The van der Waals surface area contributed by atoms with Crippen LogP contribution in [0.4, 0.5) is 10.1 Å². The maximum atomic E-state index is 13.2. The van der Waals surface area contributed by atoms with E-state index in [1.807, 2.05) is 24.3 Å². The number of aryl methyl sites for hydroxylation is 2. The molecule has 0 aliphatic rings. The molecule has 0 saturated carbocycles. The number of halogens is 1. The Hall–Kier alpha value is -2.16. The first-order valence-electron chi connectivity index (χ1n) is 6.72. The monoisotopic (exact) mass is 271 g/mol. The highest BCUT2D eigenvalue weighted by molar-refractivity contribution is 5.99. The van der Waals surface area contributed by atoms with Crippen LogP contribution in [0.5, 0.6) is 0 Å². The lowest BCUT2D eigenvalue weighted by Crippen LogP contribution is -2.14. The Bertz CT molecular complexity index is 605. The van der Waals surface area contributed by atoms with Gasteiger partial charge in [-0.2, -0.15) is 0 Å². The molecule has 2 aromatic carbocycles. The second kappa shape index (κ2) is 6.33. The van der Waals surface area contributed by atoms with Crippen molar-refractivity contribution >= 4 is 11.5 Å². The van der Waals surface area contributed by atoms with Crippen molar-refractivity contribution in [3.8, 4) is 0 Å². The number of hydrogen-bond donors (Lipinski definition) is 1. The summed E-state index contributed by atoms with van der Waals surface area (Å²) in [5.74, 6) is -0.336. The molecule has 0 radical (unpaired) electrons. The first kappa shape index (κ1) is 14.3. The number of carbonyl (C=O) groups is 1. The molecule has 0 bridgehead atoms. The zero-order valence-electron chi connectivity index (χ0n) is 11.7. The van der Waals surface area contributed by atoms with E-state index >= 15 is 0 Å².